The van der Waals surface area contributed by atoms with Gasteiger partial charge in [-0.3, -0.25) is 13.4 Å². The predicted molar refractivity (Wildman–Crippen MR) is 148 cm³/mol. The van der Waals surface area contributed by atoms with Crippen LogP contribution in [0.1, 0.15) is 11.1 Å². The molecule has 39 heavy (non-hydrogen) atoms. The molecule has 0 N–H and O–H groups in total. The molecular weight excluding hydrogens is 506 g/mol. The Morgan fingerprint density at radius 3 is 2.51 bits per heavy atom. The molecule has 7 aromatic rings. The fraction of sp³-hybridized carbons (Fsp3) is 0. The van der Waals surface area contributed by atoms with E-state index in [9.17, 15) is 19.5 Å². The molecule has 1 aliphatic heterocycles. The highest BCUT2D eigenvalue weighted by Gasteiger charge is 2.32. The van der Waals surface area contributed by atoms with Crippen molar-refractivity contribution in [3.05, 3.63) is 99.6 Å². The van der Waals surface area contributed by atoms with Crippen molar-refractivity contribution in [2.45, 2.75) is 9.79 Å². The van der Waals surface area contributed by atoms with Gasteiger partial charge >= 0.3 is 0 Å². The van der Waals surface area contributed by atoms with Gasteiger partial charge in [-0.2, -0.15) is 10.5 Å². The molecule has 178 valence electrons. The van der Waals surface area contributed by atoms with Crippen LogP contribution in [-0.4, -0.2) is 13.6 Å². The molecule has 1 atom stereocenters. The minimum absolute atomic E-state index is 0.0949. The normalized spacial score (nSPS) is 14.0. The summed E-state index contributed by atoms with van der Waals surface area (Å²) in [4.78, 5) is 23.5. The molecular formula is C31H11N5O2S. The van der Waals surface area contributed by atoms with E-state index < -0.39 is 10.8 Å². The van der Waals surface area contributed by atoms with Gasteiger partial charge in [0.1, 0.15) is 5.65 Å². The number of pyridine rings is 1. The third kappa shape index (κ3) is 2.50. The van der Waals surface area contributed by atoms with Crippen molar-refractivity contribution in [3.8, 4) is 23.3 Å². The summed E-state index contributed by atoms with van der Waals surface area (Å²) in [7, 11) is -1.77. The lowest BCUT2D eigenvalue weighted by Gasteiger charge is -2.24. The zero-order chi connectivity index (χ0) is 26.6. The maximum Gasteiger partial charge on any atom is 0.263 e. The van der Waals surface area contributed by atoms with E-state index in [1.807, 2.05) is 36.4 Å². The van der Waals surface area contributed by atoms with E-state index in [1.165, 1.54) is 6.07 Å². The maximum atomic E-state index is 14.2. The molecule has 5 aromatic carbocycles. The van der Waals surface area contributed by atoms with Crippen LogP contribution < -0.4 is 5.56 Å². The molecule has 0 radical (unpaired) electrons. The molecule has 1 aliphatic rings. The predicted octanol–water partition coefficient (Wildman–Crippen LogP) is 6.19. The van der Waals surface area contributed by atoms with Gasteiger partial charge in [0.2, 0.25) is 5.69 Å². The Bertz CT molecular complexity index is 2520. The van der Waals surface area contributed by atoms with E-state index in [1.54, 1.807) is 28.7 Å². The van der Waals surface area contributed by atoms with Crippen molar-refractivity contribution >= 4 is 65.5 Å². The average Bonchev–Trinajstić information content (AvgIpc) is 2.97. The third-order valence-electron chi connectivity index (χ3n) is 7.56. The number of rotatable bonds is 0. The lowest BCUT2D eigenvalue weighted by molar-refractivity contribution is 0.684. The summed E-state index contributed by atoms with van der Waals surface area (Å²) >= 11 is 0. The van der Waals surface area contributed by atoms with Crippen molar-refractivity contribution < 1.29 is 4.21 Å². The highest BCUT2D eigenvalue weighted by Crippen LogP contribution is 2.50. The largest absolute Gasteiger partial charge is 0.268 e. The Morgan fingerprint density at radius 1 is 0.923 bits per heavy atom. The van der Waals surface area contributed by atoms with Crippen molar-refractivity contribution in [1.29, 1.82) is 10.5 Å². The summed E-state index contributed by atoms with van der Waals surface area (Å²) in [6.45, 7) is 7.91. The van der Waals surface area contributed by atoms with Crippen LogP contribution in [-0.2, 0) is 10.8 Å². The number of nitrogens with zero attached hydrogens (tertiary/aromatic N) is 5. The maximum absolute atomic E-state index is 14.2. The molecule has 0 saturated carbocycles. The number of aromatic nitrogens is 2. The monoisotopic (exact) mass is 517 g/mol. The second kappa shape index (κ2) is 7.24. The highest BCUT2D eigenvalue weighted by atomic mass is 32.2. The highest BCUT2D eigenvalue weighted by molar-refractivity contribution is 7.85. The first-order valence-corrected chi connectivity index (χ1v) is 13.1. The fourth-order valence-corrected chi connectivity index (χ4v) is 7.46. The Labute approximate surface area is 222 Å². The SMILES string of the molecule is [C-]#[N+]c1cc2c(=O)n3c4cccc5cccc(nc3c3cc(C#N)c6c(c1S(=O)c1ccc(C#N)cc1-6)c23)c54. The Morgan fingerprint density at radius 2 is 1.74 bits per heavy atom. The van der Waals surface area contributed by atoms with Gasteiger partial charge in [0.25, 0.3) is 5.56 Å². The molecule has 2 aromatic heterocycles. The van der Waals surface area contributed by atoms with Gasteiger partial charge in [-0.15, -0.1) is 0 Å². The molecule has 8 heteroatoms. The first kappa shape index (κ1) is 21.5. The van der Waals surface area contributed by atoms with Gasteiger partial charge in [-0.25, -0.2) is 9.83 Å². The number of hydrogen-bond acceptors (Lipinski definition) is 5. The minimum atomic E-state index is -1.77. The standard InChI is InChI=1S/C31H11N5O2S/c1-34-22-12-20-27-19(30-35-21-6-2-4-16-5-3-7-23(26(16)21)36(30)31(20)37)11-17(14-33)25-18-10-15(13-32)8-9-24(18)39(38)29(22)28(25)27/h2-12H. The molecule has 1 unspecified atom stereocenters. The van der Waals surface area contributed by atoms with Gasteiger partial charge in [0.15, 0.2) is 0 Å². The van der Waals surface area contributed by atoms with Crippen LogP contribution in [0, 0.1) is 29.2 Å². The molecule has 8 rings (SSSR count). The number of nitriles is 2. The van der Waals surface area contributed by atoms with Crippen LogP contribution in [0.3, 0.4) is 0 Å². The number of hydrogen-bond donors (Lipinski definition) is 0. The van der Waals surface area contributed by atoms with E-state index in [0.29, 0.717) is 54.4 Å². The molecule has 0 fully saturated rings. The van der Waals surface area contributed by atoms with E-state index >= 15 is 0 Å². The lowest BCUT2D eigenvalue weighted by atomic mass is 9.88. The van der Waals surface area contributed by atoms with Crippen molar-refractivity contribution in [1.82, 2.24) is 9.38 Å². The van der Waals surface area contributed by atoms with Crippen LogP contribution in [0.4, 0.5) is 5.69 Å². The smallest absolute Gasteiger partial charge is 0.263 e. The van der Waals surface area contributed by atoms with Crippen LogP contribution in [0.5, 0.6) is 0 Å². The summed E-state index contributed by atoms with van der Waals surface area (Å²) in [6, 6.07) is 23.9. The third-order valence-corrected chi connectivity index (χ3v) is 9.10. The van der Waals surface area contributed by atoms with Crippen LogP contribution in [0.2, 0.25) is 0 Å². The van der Waals surface area contributed by atoms with E-state index in [2.05, 4.69) is 17.0 Å². The zero-order valence-electron chi connectivity index (χ0n) is 19.8. The van der Waals surface area contributed by atoms with Crippen molar-refractivity contribution in [2.24, 2.45) is 0 Å². The molecule has 0 bridgehead atoms. The molecule has 0 saturated heterocycles. The Hall–Kier alpha value is -5.62. The van der Waals surface area contributed by atoms with Gasteiger partial charge < -0.3 is 0 Å². The van der Waals surface area contributed by atoms with Gasteiger partial charge in [-0.05, 0) is 53.2 Å². The quantitative estimate of drug-likeness (QED) is 0.136. The second-order valence-electron chi connectivity index (χ2n) is 9.41. The van der Waals surface area contributed by atoms with E-state index in [4.69, 9.17) is 11.6 Å². The van der Waals surface area contributed by atoms with Crippen LogP contribution in [0.15, 0.2) is 81.3 Å². The molecule has 7 nitrogen and oxygen atoms in total. The number of benzene rings is 5. The summed E-state index contributed by atoms with van der Waals surface area (Å²) in [5, 5.41) is 23.5. The summed E-state index contributed by atoms with van der Waals surface area (Å²) in [6.07, 6.45) is 0. The van der Waals surface area contributed by atoms with E-state index in [-0.39, 0.29) is 27.1 Å². The van der Waals surface area contributed by atoms with Gasteiger partial charge in [0.05, 0.1) is 61.5 Å². The van der Waals surface area contributed by atoms with Crippen LogP contribution in [0.25, 0.3) is 65.0 Å². The Balaban J connectivity index is 1.73. The van der Waals surface area contributed by atoms with Crippen molar-refractivity contribution in [3.63, 3.8) is 0 Å². The van der Waals surface area contributed by atoms with Crippen LogP contribution >= 0.6 is 0 Å². The van der Waals surface area contributed by atoms with E-state index in [0.717, 1.165) is 10.8 Å². The molecule has 3 heterocycles. The summed E-state index contributed by atoms with van der Waals surface area (Å²) in [5.41, 5.74) is 3.12. The molecule has 0 spiro atoms. The molecule has 0 aliphatic carbocycles. The first-order chi connectivity index (χ1) is 19.0. The summed E-state index contributed by atoms with van der Waals surface area (Å²) in [5.74, 6) is 0. The first-order valence-electron chi connectivity index (χ1n) is 11.9. The fourth-order valence-electron chi connectivity index (χ4n) is 6.01. The number of fused-ring (bicyclic) bond motifs is 5. The summed E-state index contributed by atoms with van der Waals surface area (Å²) < 4.78 is 15.5. The Kier molecular flexibility index (Phi) is 3.98. The van der Waals surface area contributed by atoms with Gasteiger partial charge in [-0.1, -0.05) is 24.3 Å². The minimum Gasteiger partial charge on any atom is -0.268 e. The lowest BCUT2D eigenvalue weighted by Crippen LogP contribution is -2.18. The molecule has 0 amide bonds. The van der Waals surface area contributed by atoms with Gasteiger partial charge in [0, 0.05) is 32.7 Å². The average molecular weight is 518 g/mol. The zero-order valence-corrected chi connectivity index (χ0v) is 20.6. The topological polar surface area (TPSA) is 103 Å². The van der Waals surface area contributed by atoms with Crippen molar-refractivity contribution in [2.75, 3.05) is 0 Å². The second-order valence-corrected chi connectivity index (χ2v) is 10.8.